The minimum atomic E-state index is -3.36. The molecule has 10 heteroatoms. The molecule has 0 aliphatic carbocycles. The van der Waals surface area contributed by atoms with E-state index < -0.39 is 21.5 Å². The maximum absolute atomic E-state index is 13.8. The Morgan fingerprint density at radius 1 is 0.950 bits per heavy atom. The van der Waals surface area contributed by atoms with Crippen LogP contribution in [0.15, 0.2) is 78.9 Å². The molecule has 0 bridgehead atoms. The smallest absolute Gasteiger partial charge is 0.242 e. The van der Waals surface area contributed by atoms with Gasteiger partial charge >= 0.3 is 0 Å². The number of carbonyl (C=O) groups excluding carboxylic acids is 1. The van der Waals surface area contributed by atoms with Crippen molar-refractivity contribution < 1.29 is 17.9 Å². The van der Waals surface area contributed by atoms with E-state index in [1.54, 1.807) is 12.1 Å². The molecule has 1 aliphatic rings. The Bertz CT molecular complexity index is 1370. The summed E-state index contributed by atoms with van der Waals surface area (Å²) >= 11 is 12.3. The van der Waals surface area contributed by atoms with E-state index in [1.807, 2.05) is 71.6 Å². The predicted octanol–water partition coefficient (Wildman–Crippen LogP) is 4.78. The second kappa shape index (κ2) is 13.9. The van der Waals surface area contributed by atoms with Crippen molar-refractivity contribution >= 4 is 39.1 Å². The summed E-state index contributed by atoms with van der Waals surface area (Å²) in [6.07, 6.45) is 2.44. The van der Waals surface area contributed by atoms with Crippen LogP contribution in [0.2, 0.25) is 10.0 Å². The zero-order valence-electron chi connectivity index (χ0n) is 22.5. The number of likely N-dealkylation sites (tertiary alicyclic amines) is 1. The SMILES string of the molecule is CS(=O)(=O)NCC1(c2ccccc2)CCN(C(=O)C(COCc2ccccc2)NCc2ccc(Cl)c(Cl)c2)CC1. The van der Waals surface area contributed by atoms with Crippen LogP contribution in [0, 0.1) is 0 Å². The van der Waals surface area contributed by atoms with Crippen LogP contribution >= 0.6 is 23.2 Å². The second-order valence-corrected chi connectivity index (χ2v) is 12.9. The zero-order chi connectivity index (χ0) is 28.6. The third-order valence-corrected chi connectivity index (χ3v) is 8.73. The lowest BCUT2D eigenvalue weighted by atomic mass is 9.73. The van der Waals surface area contributed by atoms with Crippen molar-refractivity contribution in [1.82, 2.24) is 14.9 Å². The van der Waals surface area contributed by atoms with Gasteiger partial charge in [-0.1, -0.05) is 89.9 Å². The maximum Gasteiger partial charge on any atom is 0.242 e. The molecule has 0 saturated carbocycles. The van der Waals surface area contributed by atoms with Gasteiger partial charge in [-0.2, -0.15) is 0 Å². The molecule has 214 valence electrons. The van der Waals surface area contributed by atoms with Crippen molar-refractivity contribution in [2.75, 3.05) is 32.5 Å². The highest BCUT2D eigenvalue weighted by atomic mass is 35.5. The fourth-order valence-corrected chi connectivity index (χ4v) is 5.84. The minimum absolute atomic E-state index is 0.0501. The lowest BCUT2D eigenvalue weighted by molar-refractivity contribution is -0.137. The molecule has 1 aliphatic heterocycles. The van der Waals surface area contributed by atoms with Gasteiger partial charge in [-0.15, -0.1) is 0 Å². The zero-order valence-corrected chi connectivity index (χ0v) is 24.8. The summed E-state index contributed by atoms with van der Waals surface area (Å²) in [4.78, 5) is 15.6. The van der Waals surface area contributed by atoms with Crippen LogP contribution in [0.4, 0.5) is 0 Å². The van der Waals surface area contributed by atoms with E-state index in [1.165, 1.54) is 6.26 Å². The van der Waals surface area contributed by atoms with E-state index in [-0.39, 0.29) is 19.1 Å². The number of carbonyl (C=O) groups is 1. The first kappa shape index (κ1) is 30.5. The molecule has 1 atom stereocenters. The van der Waals surface area contributed by atoms with Crippen LogP contribution in [-0.2, 0) is 38.1 Å². The molecule has 0 spiro atoms. The third-order valence-electron chi connectivity index (χ3n) is 7.32. The molecule has 1 amide bonds. The molecule has 7 nitrogen and oxygen atoms in total. The molecule has 1 heterocycles. The van der Waals surface area contributed by atoms with Gasteiger partial charge in [-0.25, -0.2) is 13.1 Å². The van der Waals surface area contributed by atoms with Crippen molar-refractivity contribution in [2.24, 2.45) is 0 Å². The normalized spacial score (nSPS) is 16.0. The lowest BCUT2D eigenvalue weighted by Crippen LogP contribution is -2.55. The topological polar surface area (TPSA) is 87.7 Å². The van der Waals surface area contributed by atoms with E-state index in [9.17, 15) is 13.2 Å². The number of piperidine rings is 1. The number of amides is 1. The van der Waals surface area contributed by atoms with Crippen molar-refractivity contribution in [3.05, 3.63) is 106 Å². The summed E-state index contributed by atoms with van der Waals surface area (Å²) in [7, 11) is -3.36. The standard InChI is InChI=1S/C30H35Cl2N3O4S/c1-40(37,38)34-22-30(25-10-6-3-7-11-25)14-16-35(17-15-30)29(36)28(21-39-20-23-8-4-2-5-9-23)33-19-24-12-13-26(31)27(32)18-24/h2-13,18,28,33-34H,14-17,19-22H2,1H3. The van der Waals surface area contributed by atoms with E-state index in [2.05, 4.69) is 10.0 Å². The number of nitrogens with zero attached hydrogens (tertiary/aromatic N) is 1. The van der Waals surface area contributed by atoms with Crippen LogP contribution in [0.3, 0.4) is 0 Å². The van der Waals surface area contributed by atoms with Crippen LogP contribution < -0.4 is 10.0 Å². The first-order valence-corrected chi connectivity index (χ1v) is 15.9. The number of halogens is 2. The van der Waals surface area contributed by atoms with Gasteiger partial charge in [0.15, 0.2) is 0 Å². The average Bonchev–Trinajstić information content (AvgIpc) is 2.96. The molecule has 2 N–H and O–H groups in total. The number of rotatable bonds is 12. The Balaban J connectivity index is 1.45. The Kier molecular flexibility index (Phi) is 10.6. The monoisotopic (exact) mass is 603 g/mol. The Morgan fingerprint density at radius 3 is 2.23 bits per heavy atom. The van der Waals surface area contributed by atoms with Crippen LogP contribution in [0.25, 0.3) is 0 Å². The fraction of sp³-hybridized carbons (Fsp3) is 0.367. The van der Waals surface area contributed by atoms with E-state index in [4.69, 9.17) is 27.9 Å². The Labute approximate surface area is 246 Å². The number of hydrogen-bond donors (Lipinski definition) is 2. The predicted molar refractivity (Wildman–Crippen MR) is 160 cm³/mol. The molecular formula is C30H35Cl2N3O4S. The van der Waals surface area contributed by atoms with E-state index in [0.717, 1.165) is 16.7 Å². The van der Waals surface area contributed by atoms with Gasteiger partial charge in [0.2, 0.25) is 15.9 Å². The second-order valence-electron chi connectivity index (χ2n) is 10.2. The number of ether oxygens (including phenoxy) is 1. The molecule has 0 radical (unpaired) electrons. The van der Waals surface area contributed by atoms with Crippen LogP contribution in [-0.4, -0.2) is 57.8 Å². The van der Waals surface area contributed by atoms with Crippen molar-refractivity contribution in [3.8, 4) is 0 Å². The van der Waals surface area contributed by atoms with Crippen molar-refractivity contribution in [1.29, 1.82) is 0 Å². The summed E-state index contributed by atoms with van der Waals surface area (Å²) < 4.78 is 32.5. The summed E-state index contributed by atoms with van der Waals surface area (Å²) in [5, 5.41) is 4.29. The molecular weight excluding hydrogens is 569 g/mol. The molecule has 3 aromatic carbocycles. The highest BCUT2D eigenvalue weighted by Crippen LogP contribution is 2.35. The third kappa shape index (κ3) is 8.52. The summed E-state index contributed by atoms with van der Waals surface area (Å²) in [6.45, 7) is 2.31. The van der Waals surface area contributed by atoms with Crippen LogP contribution in [0.5, 0.6) is 0 Å². The van der Waals surface area contributed by atoms with Gasteiger partial charge in [-0.3, -0.25) is 10.1 Å². The van der Waals surface area contributed by atoms with E-state index >= 15 is 0 Å². The largest absolute Gasteiger partial charge is 0.375 e. The van der Waals surface area contributed by atoms with E-state index in [0.29, 0.717) is 49.1 Å². The fourth-order valence-electron chi connectivity index (χ4n) is 4.98. The van der Waals surface area contributed by atoms with Gasteiger partial charge in [0.05, 0.1) is 29.5 Å². The molecule has 4 rings (SSSR count). The Hall–Kier alpha value is -2.46. The first-order chi connectivity index (χ1) is 19.2. The minimum Gasteiger partial charge on any atom is -0.375 e. The Morgan fingerprint density at radius 2 is 1.60 bits per heavy atom. The highest BCUT2D eigenvalue weighted by Gasteiger charge is 2.39. The molecule has 1 saturated heterocycles. The van der Waals surface area contributed by atoms with Crippen molar-refractivity contribution in [3.63, 3.8) is 0 Å². The molecule has 1 unspecified atom stereocenters. The summed E-state index contributed by atoms with van der Waals surface area (Å²) in [5.41, 5.74) is 2.61. The quantitative estimate of drug-likeness (QED) is 0.311. The average molecular weight is 605 g/mol. The number of benzene rings is 3. The van der Waals surface area contributed by atoms with Gasteiger partial charge in [0, 0.05) is 31.6 Å². The van der Waals surface area contributed by atoms with Gasteiger partial charge < -0.3 is 9.64 Å². The number of hydrogen-bond acceptors (Lipinski definition) is 5. The summed E-state index contributed by atoms with van der Waals surface area (Å²) in [6, 6.07) is 24.6. The van der Waals surface area contributed by atoms with Gasteiger partial charge in [-0.05, 0) is 41.7 Å². The summed E-state index contributed by atoms with van der Waals surface area (Å²) in [5.74, 6) is -0.0501. The van der Waals surface area contributed by atoms with Gasteiger partial charge in [0.25, 0.3) is 0 Å². The lowest BCUT2D eigenvalue weighted by Gasteiger charge is -2.43. The highest BCUT2D eigenvalue weighted by molar-refractivity contribution is 7.88. The van der Waals surface area contributed by atoms with Gasteiger partial charge in [0.1, 0.15) is 6.04 Å². The molecule has 0 aromatic heterocycles. The molecule has 1 fully saturated rings. The number of sulfonamides is 1. The molecule has 3 aromatic rings. The maximum atomic E-state index is 13.8. The van der Waals surface area contributed by atoms with Crippen molar-refractivity contribution in [2.45, 2.75) is 37.5 Å². The van der Waals surface area contributed by atoms with Crippen LogP contribution in [0.1, 0.15) is 29.5 Å². The molecule has 40 heavy (non-hydrogen) atoms. The number of nitrogens with one attached hydrogen (secondary N) is 2. The first-order valence-electron chi connectivity index (χ1n) is 13.2.